The number of halogens is 7. The lowest BCUT2D eigenvalue weighted by molar-refractivity contribution is -0.148. The number of hydrogen-bond donors (Lipinski definition) is 0. The van der Waals surface area contributed by atoms with E-state index in [0.29, 0.717) is 12.1 Å². The van der Waals surface area contributed by atoms with Gasteiger partial charge in [-0.2, -0.15) is 13.2 Å². The number of fused-ring (bicyclic) bond motifs is 1. The van der Waals surface area contributed by atoms with Crippen molar-refractivity contribution < 1.29 is 31.1 Å². The second kappa shape index (κ2) is 7.61. The molecule has 1 atom stereocenters. The monoisotopic (exact) mass is 426 g/mol. The van der Waals surface area contributed by atoms with Gasteiger partial charge in [0.15, 0.2) is 17.5 Å². The van der Waals surface area contributed by atoms with E-state index < -0.39 is 40.7 Å². The average molecular weight is 427 g/mol. The molecule has 1 aliphatic heterocycles. The van der Waals surface area contributed by atoms with Crippen LogP contribution < -0.4 is 0 Å². The van der Waals surface area contributed by atoms with Crippen molar-refractivity contribution in [2.75, 3.05) is 6.54 Å². The predicted molar refractivity (Wildman–Crippen MR) is 84.7 cm³/mol. The van der Waals surface area contributed by atoms with E-state index in [2.05, 4.69) is 10.2 Å². The molecular formula is C16H13ClF6N4O. The number of carbonyl (C=O) groups is 1. The van der Waals surface area contributed by atoms with Crippen molar-refractivity contribution >= 4 is 17.5 Å². The van der Waals surface area contributed by atoms with Crippen molar-refractivity contribution in [3.05, 3.63) is 46.8 Å². The Morgan fingerprint density at radius 2 is 1.79 bits per heavy atom. The Labute approximate surface area is 159 Å². The molecule has 0 saturated carbocycles. The van der Waals surface area contributed by atoms with Crippen LogP contribution in [0.15, 0.2) is 12.1 Å². The van der Waals surface area contributed by atoms with E-state index in [1.807, 2.05) is 0 Å². The fraction of sp³-hybridized carbons (Fsp3) is 0.438. The van der Waals surface area contributed by atoms with Crippen molar-refractivity contribution in [3.8, 4) is 0 Å². The summed E-state index contributed by atoms with van der Waals surface area (Å²) in [4.78, 5) is 13.6. The minimum atomic E-state index is -4.65. The Hall–Kier alpha value is -2.30. The Kier molecular flexibility index (Phi) is 5.55. The van der Waals surface area contributed by atoms with Gasteiger partial charge in [0, 0.05) is 31.0 Å². The van der Waals surface area contributed by atoms with E-state index in [0.717, 1.165) is 4.57 Å². The SMILES string of the molecule is O=C(C[C@H](Cl)Cc1cc(F)c(F)cc1F)N1CCn2c(nnc2C(F)(F)F)C1. The minimum absolute atomic E-state index is 0.00387. The van der Waals surface area contributed by atoms with E-state index in [1.165, 1.54) is 4.90 Å². The third-order valence-corrected chi connectivity index (χ3v) is 4.59. The van der Waals surface area contributed by atoms with Gasteiger partial charge in [-0.05, 0) is 18.1 Å². The summed E-state index contributed by atoms with van der Waals surface area (Å²) in [6.07, 6.45) is -5.13. The zero-order valence-electron chi connectivity index (χ0n) is 14.1. The molecule has 5 nitrogen and oxygen atoms in total. The van der Waals surface area contributed by atoms with Crippen molar-refractivity contribution in [1.82, 2.24) is 19.7 Å². The molecular weight excluding hydrogens is 414 g/mol. The molecule has 0 saturated heterocycles. The van der Waals surface area contributed by atoms with E-state index in [9.17, 15) is 31.1 Å². The van der Waals surface area contributed by atoms with E-state index in [-0.39, 0.29) is 43.9 Å². The maximum Gasteiger partial charge on any atom is 0.451 e. The molecule has 2 heterocycles. The molecule has 28 heavy (non-hydrogen) atoms. The quantitative estimate of drug-likeness (QED) is 0.428. The van der Waals surface area contributed by atoms with Crippen molar-refractivity contribution in [3.63, 3.8) is 0 Å². The molecule has 0 spiro atoms. The summed E-state index contributed by atoms with van der Waals surface area (Å²) in [6.45, 7) is -0.311. The first-order valence-electron chi connectivity index (χ1n) is 8.10. The maximum absolute atomic E-state index is 13.7. The average Bonchev–Trinajstić information content (AvgIpc) is 3.03. The molecule has 1 aliphatic rings. The summed E-state index contributed by atoms with van der Waals surface area (Å²) < 4.78 is 79.2. The lowest BCUT2D eigenvalue weighted by atomic mass is 10.1. The van der Waals surface area contributed by atoms with Gasteiger partial charge >= 0.3 is 6.18 Å². The fourth-order valence-corrected chi connectivity index (χ4v) is 3.23. The summed E-state index contributed by atoms with van der Waals surface area (Å²) in [5, 5.41) is 5.67. The van der Waals surface area contributed by atoms with Gasteiger partial charge in [-0.3, -0.25) is 4.79 Å². The van der Waals surface area contributed by atoms with Crippen LogP contribution in [-0.2, 0) is 30.5 Å². The van der Waals surface area contributed by atoms with E-state index in [4.69, 9.17) is 11.6 Å². The molecule has 2 aromatic rings. The zero-order valence-corrected chi connectivity index (χ0v) is 14.9. The third-order valence-electron chi connectivity index (χ3n) is 4.29. The second-order valence-electron chi connectivity index (χ2n) is 6.27. The zero-order chi connectivity index (χ0) is 20.6. The molecule has 0 fully saturated rings. The number of aromatic nitrogens is 3. The van der Waals surface area contributed by atoms with Crippen molar-refractivity contribution in [2.45, 2.75) is 37.5 Å². The molecule has 0 N–H and O–H groups in total. The second-order valence-corrected chi connectivity index (χ2v) is 6.88. The van der Waals surface area contributed by atoms with Crippen LogP contribution >= 0.6 is 11.6 Å². The number of nitrogens with zero attached hydrogens (tertiary/aromatic N) is 4. The summed E-state index contributed by atoms with van der Waals surface area (Å²) >= 11 is 6.05. The first-order valence-corrected chi connectivity index (χ1v) is 8.54. The Balaban J connectivity index is 1.63. The normalized spacial score (nSPS) is 15.5. The Morgan fingerprint density at radius 3 is 2.46 bits per heavy atom. The molecule has 3 rings (SSSR count). The van der Waals surface area contributed by atoms with Gasteiger partial charge < -0.3 is 9.47 Å². The van der Waals surface area contributed by atoms with Crippen LogP contribution in [0.25, 0.3) is 0 Å². The molecule has 0 unspecified atom stereocenters. The highest BCUT2D eigenvalue weighted by atomic mass is 35.5. The van der Waals surface area contributed by atoms with Crippen LogP contribution in [0, 0.1) is 17.5 Å². The van der Waals surface area contributed by atoms with E-state index >= 15 is 0 Å². The van der Waals surface area contributed by atoms with Gasteiger partial charge in [-0.15, -0.1) is 21.8 Å². The molecule has 0 bridgehead atoms. The molecule has 152 valence electrons. The first-order chi connectivity index (χ1) is 13.1. The first kappa shape index (κ1) is 20.4. The molecule has 1 aromatic heterocycles. The van der Waals surface area contributed by atoms with Crippen LogP contribution in [0.5, 0.6) is 0 Å². The van der Waals surface area contributed by atoms with Gasteiger partial charge in [0.2, 0.25) is 11.7 Å². The summed E-state index contributed by atoms with van der Waals surface area (Å²) in [6, 6.07) is 1.07. The van der Waals surface area contributed by atoms with Crippen LogP contribution in [-0.4, -0.2) is 37.5 Å². The largest absolute Gasteiger partial charge is 0.451 e. The lowest BCUT2D eigenvalue weighted by Gasteiger charge is -2.28. The predicted octanol–water partition coefficient (Wildman–Crippen LogP) is 3.30. The van der Waals surface area contributed by atoms with Crippen LogP contribution in [0.2, 0.25) is 0 Å². The van der Waals surface area contributed by atoms with Gasteiger partial charge in [0.25, 0.3) is 0 Å². The van der Waals surface area contributed by atoms with Crippen LogP contribution in [0.3, 0.4) is 0 Å². The number of alkyl halides is 4. The Bertz CT molecular complexity index is 900. The van der Waals surface area contributed by atoms with Crippen molar-refractivity contribution in [1.29, 1.82) is 0 Å². The van der Waals surface area contributed by atoms with Crippen molar-refractivity contribution in [2.24, 2.45) is 0 Å². The molecule has 1 amide bonds. The molecule has 12 heteroatoms. The summed E-state index contributed by atoms with van der Waals surface area (Å²) in [5.74, 6) is -5.17. The molecule has 0 radical (unpaired) electrons. The topological polar surface area (TPSA) is 51.0 Å². The number of carbonyl (C=O) groups excluding carboxylic acids is 1. The number of benzene rings is 1. The number of amides is 1. The molecule has 0 aliphatic carbocycles. The van der Waals surface area contributed by atoms with Gasteiger partial charge in [0.1, 0.15) is 5.82 Å². The van der Waals surface area contributed by atoms with Crippen LogP contribution in [0.4, 0.5) is 26.3 Å². The van der Waals surface area contributed by atoms with Gasteiger partial charge in [0.05, 0.1) is 6.54 Å². The fourth-order valence-electron chi connectivity index (χ4n) is 2.93. The Morgan fingerprint density at radius 1 is 1.11 bits per heavy atom. The van der Waals surface area contributed by atoms with E-state index in [1.54, 1.807) is 0 Å². The standard InChI is InChI=1S/C16H13ClF6N4O/c17-9(3-8-4-11(19)12(20)6-10(8)18)5-14(28)26-1-2-27-13(7-26)24-25-15(27)16(21,22)23/h4,6,9H,1-3,5,7H2/t9-/m1/s1. The maximum atomic E-state index is 13.7. The highest BCUT2D eigenvalue weighted by molar-refractivity contribution is 6.21. The highest BCUT2D eigenvalue weighted by Gasteiger charge is 2.40. The minimum Gasteiger partial charge on any atom is -0.333 e. The highest BCUT2D eigenvalue weighted by Crippen LogP contribution is 2.29. The number of rotatable bonds is 4. The lowest BCUT2D eigenvalue weighted by Crippen LogP contribution is -2.40. The number of hydrogen-bond acceptors (Lipinski definition) is 3. The van der Waals surface area contributed by atoms with Gasteiger partial charge in [-0.1, -0.05) is 0 Å². The van der Waals surface area contributed by atoms with Crippen LogP contribution in [0.1, 0.15) is 23.6 Å². The summed E-state index contributed by atoms with van der Waals surface area (Å²) in [5.41, 5.74) is -0.181. The smallest absolute Gasteiger partial charge is 0.333 e. The van der Waals surface area contributed by atoms with Gasteiger partial charge in [-0.25, -0.2) is 13.2 Å². The third kappa shape index (κ3) is 4.23. The summed E-state index contributed by atoms with van der Waals surface area (Å²) in [7, 11) is 0. The molecule has 1 aromatic carbocycles.